The number of carbonyl (C=O) groups excluding carboxylic acids is 1. The average Bonchev–Trinajstić information content (AvgIpc) is 3.28. The Morgan fingerprint density at radius 2 is 1.90 bits per heavy atom. The fourth-order valence-corrected chi connectivity index (χ4v) is 4.86. The molecule has 1 saturated heterocycles. The van der Waals surface area contributed by atoms with Crippen molar-refractivity contribution >= 4 is 46.3 Å². The molecule has 1 aliphatic rings. The van der Waals surface area contributed by atoms with E-state index in [4.69, 9.17) is 42.6 Å². The van der Waals surface area contributed by atoms with Crippen LogP contribution >= 0.6 is 23.2 Å². The highest BCUT2D eigenvalue weighted by Crippen LogP contribution is 2.33. The number of anilines is 1. The molecule has 1 fully saturated rings. The van der Waals surface area contributed by atoms with Crippen LogP contribution in [0.1, 0.15) is 33.6 Å². The average molecular weight is 569 g/mol. The number of benzene rings is 2. The Morgan fingerprint density at radius 3 is 2.64 bits per heavy atom. The maximum absolute atomic E-state index is 12.6. The normalized spacial score (nSPS) is 15.8. The first-order valence-corrected chi connectivity index (χ1v) is 13.5. The van der Waals surface area contributed by atoms with Gasteiger partial charge in [-0.2, -0.15) is 4.98 Å². The zero-order chi connectivity index (χ0) is 27.7. The van der Waals surface area contributed by atoms with Gasteiger partial charge in [-0.15, -0.1) is 0 Å². The number of piperidine rings is 1. The van der Waals surface area contributed by atoms with Crippen molar-refractivity contribution < 1.29 is 14.3 Å². The second-order valence-electron chi connectivity index (χ2n) is 10.4. The highest BCUT2D eigenvalue weighted by molar-refractivity contribution is 6.42. The Labute approximate surface area is 237 Å². The van der Waals surface area contributed by atoms with Crippen molar-refractivity contribution in [1.29, 1.82) is 0 Å². The van der Waals surface area contributed by atoms with Crippen LogP contribution in [0.2, 0.25) is 10.0 Å². The van der Waals surface area contributed by atoms with E-state index in [0.29, 0.717) is 46.5 Å². The number of ether oxygens (including phenoxy) is 2. The van der Waals surface area contributed by atoms with Gasteiger partial charge in [0.2, 0.25) is 5.95 Å². The minimum atomic E-state index is -0.543. The Hall–Kier alpha value is -3.56. The highest BCUT2D eigenvalue weighted by atomic mass is 35.5. The Balaban J connectivity index is 1.47. The predicted molar refractivity (Wildman–Crippen MR) is 153 cm³/mol. The third-order valence-electron chi connectivity index (χ3n) is 6.32. The zero-order valence-electron chi connectivity index (χ0n) is 22.2. The van der Waals surface area contributed by atoms with E-state index in [1.807, 2.05) is 55.7 Å². The van der Waals surface area contributed by atoms with Gasteiger partial charge in [0.25, 0.3) is 0 Å². The summed E-state index contributed by atoms with van der Waals surface area (Å²) < 4.78 is 12.9. The van der Waals surface area contributed by atoms with Crippen LogP contribution in [0.15, 0.2) is 48.7 Å². The van der Waals surface area contributed by atoms with Crippen molar-refractivity contribution in [2.75, 3.05) is 25.5 Å². The second kappa shape index (κ2) is 10.9. The third kappa shape index (κ3) is 6.04. The maximum atomic E-state index is 12.6. The van der Waals surface area contributed by atoms with Crippen molar-refractivity contribution in [3.8, 4) is 23.0 Å². The summed E-state index contributed by atoms with van der Waals surface area (Å²) in [5.41, 5.74) is 1.82. The van der Waals surface area contributed by atoms with E-state index in [9.17, 15) is 4.79 Å². The van der Waals surface area contributed by atoms with Gasteiger partial charge in [-0.1, -0.05) is 23.2 Å². The molecule has 39 heavy (non-hydrogen) atoms. The SMILES string of the molecule is COc1ccc2c(c1)nc(-c1ccc(Cl)c(Cl)c1)n2-c1ccnc(N[C@H]2CCCN(C(=O)OC(C)(C)C)C2)n1. The lowest BCUT2D eigenvalue weighted by atomic mass is 10.1. The van der Waals surface area contributed by atoms with Crippen LogP contribution in [0.5, 0.6) is 5.75 Å². The van der Waals surface area contributed by atoms with E-state index in [-0.39, 0.29) is 12.1 Å². The van der Waals surface area contributed by atoms with Gasteiger partial charge in [0.1, 0.15) is 23.0 Å². The molecule has 0 radical (unpaired) electrons. The number of aromatic nitrogens is 4. The molecule has 1 N–H and O–H groups in total. The van der Waals surface area contributed by atoms with Crippen LogP contribution in [0.3, 0.4) is 0 Å². The number of carbonyl (C=O) groups is 1. The fourth-order valence-electron chi connectivity index (χ4n) is 4.56. The van der Waals surface area contributed by atoms with Crippen molar-refractivity contribution in [2.24, 2.45) is 0 Å². The minimum Gasteiger partial charge on any atom is -0.497 e. The standard InChI is InChI=1S/C28H30Cl2N6O3/c1-28(2,3)39-27(37)35-13-5-6-18(16-35)32-26-31-12-11-24(34-26)36-23-10-8-19(38-4)15-22(23)33-25(36)17-7-9-20(29)21(30)14-17/h7-12,14-15,18H,5-6,13,16H2,1-4H3,(H,31,32,34)/t18-/m0/s1. The molecule has 0 spiro atoms. The molecule has 11 heteroatoms. The molecule has 1 amide bonds. The first-order chi connectivity index (χ1) is 18.6. The molecule has 4 aromatic rings. The van der Waals surface area contributed by atoms with Crippen molar-refractivity contribution in [3.05, 3.63) is 58.7 Å². The summed E-state index contributed by atoms with van der Waals surface area (Å²) in [6, 6.07) is 12.9. The number of halogens is 2. The van der Waals surface area contributed by atoms with Gasteiger partial charge in [0.15, 0.2) is 0 Å². The molecule has 2 aromatic carbocycles. The van der Waals surface area contributed by atoms with Gasteiger partial charge >= 0.3 is 6.09 Å². The summed E-state index contributed by atoms with van der Waals surface area (Å²) in [5, 5.41) is 4.31. The lowest BCUT2D eigenvalue weighted by Gasteiger charge is -2.34. The van der Waals surface area contributed by atoms with Crippen molar-refractivity contribution in [1.82, 2.24) is 24.4 Å². The molecule has 0 unspecified atom stereocenters. The molecule has 0 saturated carbocycles. The summed E-state index contributed by atoms with van der Waals surface area (Å²) in [4.78, 5) is 28.5. The number of rotatable bonds is 5. The first-order valence-electron chi connectivity index (χ1n) is 12.7. The molecule has 3 heterocycles. The fraction of sp³-hybridized carbons (Fsp3) is 0.357. The van der Waals surface area contributed by atoms with Crippen LogP contribution in [-0.4, -0.2) is 62.4 Å². The van der Waals surface area contributed by atoms with Gasteiger partial charge in [0, 0.05) is 37.0 Å². The van der Waals surface area contributed by atoms with Gasteiger partial charge in [0.05, 0.1) is 28.2 Å². The van der Waals surface area contributed by atoms with Crippen LogP contribution in [0, 0.1) is 0 Å². The number of likely N-dealkylation sites (tertiary alicyclic amines) is 1. The predicted octanol–water partition coefficient (Wildman–Crippen LogP) is 6.61. The van der Waals surface area contributed by atoms with Crippen LogP contribution in [0.4, 0.5) is 10.7 Å². The Kier molecular flexibility index (Phi) is 7.55. The molecule has 1 aliphatic heterocycles. The molecule has 0 aliphatic carbocycles. The number of amides is 1. The van der Waals surface area contributed by atoms with E-state index in [2.05, 4.69) is 10.3 Å². The maximum Gasteiger partial charge on any atom is 0.410 e. The molecular formula is C28H30Cl2N6O3. The van der Waals surface area contributed by atoms with E-state index in [0.717, 1.165) is 29.4 Å². The van der Waals surface area contributed by atoms with Crippen LogP contribution in [0.25, 0.3) is 28.2 Å². The summed E-state index contributed by atoms with van der Waals surface area (Å²) >= 11 is 12.5. The molecule has 5 rings (SSSR count). The van der Waals surface area contributed by atoms with E-state index in [1.165, 1.54) is 0 Å². The van der Waals surface area contributed by atoms with Gasteiger partial charge in [-0.3, -0.25) is 4.57 Å². The van der Waals surface area contributed by atoms with E-state index >= 15 is 0 Å². The number of fused-ring (bicyclic) bond motifs is 1. The highest BCUT2D eigenvalue weighted by Gasteiger charge is 2.28. The minimum absolute atomic E-state index is 0.0140. The van der Waals surface area contributed by atoms with Crippen molar-refractivity contribution in [2.45, 2.75) is 45.3 Å². The first kappa shape index (κ1) is 27.0. The summed E-state index contributed by atoms with van der Waals surface area (Å²) in [6.07, 6.45) is 3.13. The number of hydrogen-bond donors (Lipinski definition) is 1. The number of nitrogens with one attached hydrogen (secondary N) is 1. The number of imidazole rings is 1. The number of methoxy groups -OCH3 is 1. The molecular weight excluding hydrogens is 539 g/mol. The van der Waals surface area contributed by atoms with Crippen LogP contribution in [-0.2, 0) is 4.74 Å². The largest absolute Gasteiger partial charge is 0.497 e. The summed E-state index contributed by atoms with van der Waals surface area (Å²) in [6.45, 7) is 6.76. The number of nitrogens with zero attached hydrogens (tertiary/aromatic N) is 5. The quantitative estimate of drug-likeness (QED) is 0.289. The van der Waals surface area contributed by atoms with Crippen molar-refractivity contribution in [3.63, 3.8) is 0 Å². The molecule has 0 bridgehead atoms. The summed E-state index contributed by atoms with van der Waals surface area (Å²) in [7, 11) is 1.62. The van der Waals surface area contributed by atoms with Gasteiger partial charge < -0.3 is 19.7 Å². The lowest BCUT2D eigenvalue weighted by Crippen LogP contribution is -2.47. The molecule has 9 nitrogen and oxygen atoms in total. The molecule has 1 atom stereocenters. The second-order valence-corrected chi connectivity index (χ2v) is 11.2. The van der Waals surface area contributed by atoms with Gasteiger partial charge in [-0.25, -0.2) is 14.8 Å². The number of hydrogen-bond acceptors (Lipinski definition) is 7. The Morgan fingerprint density at radius 1 is 1.08 bits per heavy atom. The van der Waals surface area contributed by atoms with E-state index in [1.54, 1.807) is 30.3 Å². The molecule has 204 valence electrons. The molecule has 2 aromatic heterocycles. The Bertz CT molecular complexity index is 1520. The summed E-state index contributed by atoms with van der Waals surface area (Å²) in [5.74, 6) is 2.43. The lowest BCUT2D eigenvalue weighted by molar-refractivity contribution is 0.0206. The van der Waals surface area contributed by atoms with Gasteiger partial charge in [-0.05, 0) is 70.0 Å². The van der Waals surface area contributed by atoms with Crippen LogP contribution < -0.4 is 10.1 Å². The topological polar surface area (TPSA) is 94.4 Å². The van der Waals surface area contributed by atoms with E-state index < -0.39 is 5.60 Å². The third-order valence-corrected chi connectivity index (χ3v) is 7.05. The smallest absolute Gasteiger partial charge is 0.410 e. The zero-order valence-corrected chi connectivity index (χ0v) is 23.8. The monoisotopic (exact) mass is 568 g/mol.